The smallest absolute Gasteiger partial charge is 0.332 e. The number of furan rings is 1. The minimum Gasteiger partial charge on any atom is -0.472 e. The van der Waals surface area contributed by atoms with Crippen LogP contribution in [0.25, 0.3) is 11.2 Å². The van der Waals surface area contributed by atoms with Crippen molar-refractivity contribution < 1.29 is 4.42 Å². The van der Waals surface area contributed by atoms with Crippen molar-refractivity contribution in [1.29, 1.82) is 0 Å². The predicted molar refractivity (Wildman–Crippen MR) is 110 cm³/mol. The van der Waals surface area contributed by atoms with E-state index in [0.717, 1.165) is 24.9 Å². The van der Waals surface area contributed by atoms with E-state index in [1.165, 1.54) is 21.7 Å². The van der Waals surface area contributed by atoms with Crippen molar-refractivity contribution in [3.63, 3.8) is 0 Å². The van der Waals surface area contributed by atoms with E-state index in [0.29, 0.717) is 30.2 Å². The Labute approximate surface area is 167 Å². The van der Waals surface area contributed by atoms with Gasteiger partial charge in [-0.1, -0.05) is 5.92 Å². The fourth-order valence-corrected chi connectivity index (χ4v) is 3.81. The molecular weight excluding hydrogens is 372 g/mol. The van der Waals surface area contributed by atoms with Crippen LogP contribution >= 0.6 is 0 Å². The number of aryl methyl sites for hydroxylation is 1. The Balaban J connectivity index is 1.94. The molecule has 0 spiro atoms. The number of nitrogens with zero attached hydrogens (tertiary/aromatic N) is 5. The van der Waals surface area contributed by atoms with Crippen molar-refractivity contribution in [2.24, 2.45) is 12.8 Å². The van der Waals surface area contributed by atoms with Gasteiger partial charge in [0.2, 0.25) is 5.95 Å². The van der Waals surface area contributed by atoms with Crippen LogP contribution in [0.15, 0.2) is 32.6 Å². The zero-order valence-electron chi connectivity index (χ0n) is 16.6. The topological polar surface area (TPSA) is 104 Å². The van der Waals surface area contributed by atoms with Crippen LogP contribution in [-0.4, -0.2) is 37.8 Å². The fraction of sp³-hybridized carbons (Fsp3) is 0.450. The summed E-state index contributed by atoms with van der Waals surface area (Å²) in [5, 5.41) is 0. The lowest BCUT2D eigenvalue weighted by molar-refractivity contribution is 0.496. The highest BCUT2D eigenvalue weighted by atomic mass is 16.3. The highest BCUT2D eigenvalue weighted by Gasteiger charge is 2.26. The third-order valence-electron chi connectivity index (χ3n) is 5.29. The van der Waals surface area contributed by atoms with Crippen molar-refractivity contribution in [3.05, 3.63) is 45.0 Å². The van der Waals surface area contributed by atoms with E-state index in [2.05, 4.69) is 21.7 Å². The summed E-state index contributed by atoms with van der Waals surface area (Å²) in [6, 6.07) is 1.78. The SMILES string of the molecule is CC#CCn1c(N2CCCC(N)C2)nc2c1c(=O)n(Cc1ccoc1)c(=O)n2C. The van der Waals surface area contributed by atoms with Gasteiger partial charge in [0.25, 0.3) is 5.56 Å². The average molecular weight is 396 g/mol. The van der Waals surface area contributed by atoms with E-state index in [1.807, 2.05) is 0 Å². The molecule has 9 nitrogen and oxygen atoms in total. The molecule has 0 aromatic carbocycles. The number of piperidine rings is 1. The van der Waals surface area contributed by atoms with Crippen LogP contribution in [0.3, 0.4) is 0 Å². The van der Waals surface area contributed by atoms with Crippen molar-refractivity contribution in [1.82, 2.24) is 18.7 Å². The molecule has 0 amide bonds. The number of anilines is 1. The van der Waals surface area contributed by atoms with Gasteiger partial charge < -0.3 is 15.1 Å². The Kier molecular flexibility index (Phi) is 5.03. The monoisotopic (exact) mass is 396 g/mol. The normalized spacial score (nSPS) is 16.8. The van der Waals surface area contributed by atoms with Crippen molar-refractivity contribution in [2.75, 3.05) is 18.0 Å². The molecule has 1 unspecified atom stereocenters. The number of aromatic nitrogens is 4. The lowest BCUT2D eigenvalue weighted by atomic mass is 10.1. The lowest BCUT2D eigenvalue weighted by Gasteiger charge is -2.31. The molecule has 9 heteroatoms. The summed E-state index contributed by atoms with van der Waals surface area (Å²) in [6.45, 7) is 3.65. The lowest BCUT2D eigenvalue weighted by Crippen LogP contribution is -2.44. The number of imidazole rings is 1. The number of rotatable bonds is 4. The molecule has 4 heterocycles. The molecule has 0 radical (unpaired) electrons. The van der Waals surface area contributed by atoms with Gasteiger partial charge in [0.15, 0.2) is 11.2 Å². The number of hydrogen-bond acceptors (Lipinski definition) is 6. The van der Waals surface area contributed by atoms with Gasteiger partial charge in [0.05, 0.1) is 25.6 Å². The molecule has 0 saturated carbocycles. The van der Waals surface area contributed by atoms with Gasteiger partial charge in [-0.05, 0) is 25.8 Å². The van der Waals surface area contributed by atoms with Gasteiger partial charge >= 0.3 is 5.69 Å². The molecule has 2 N–H and O–H groups in total. The average Bonchev–Trinajstić information content (AvgIpc) is 3.36. The summed E-state index contributed by atoms with van der Waals surface area (Å²) in [5.41, 5.74) is 6.81. The Bertz CT molecular complexity index is 1210. The predicted octanol–water partition coefficient (Wildman–Crippen LogP) is 0.489. The molecule has 1 aliphatic heterocycles. The van der Waals surface area contributed by atoms with Gasteiger partial charge in [-0.2, -0.15) is 4.98 Å². The zero-order valence-corrected chi connectivity index (χ0v) is 16.6. The molecule has 1 fully saturated rings. The molecule has 3 aromatic rings. The summed E-state index contributed by atoms with van der Waals surface area (Å²) in [4.78, 5) is 33.0. The second kappa shape index (κ2) is 7.64. The van der Waals surface area contributed by atoms with Crippen LogP contribution in [0.1, 0.15) is 25.3 Å². The molecule has 0 bridgehead atoms. The molecule has 152 valence electrons. The maximum Gasteiger partial charge on any atom is 0.332 e. The molecule has 1 aliphatic rings. The summed E-state index contributed by atoms with van der Waals surface area (Å²) >= 11 is 0. The first-order valence-electron chi connectivity index (χ1n) is 9.62. The first-order chi connectivity index (χ1) is 14.0. The van der Waals surface area contributed by atoms with Crippen LogP contribution in [-0.2, 0) is 20.1 Å². The highest BCUT2D eigenvalue weighted by molar-refractivity contribution is 5.75. The summed E-state index contributed by atoms with van der Waals surface area (Å²) in [5.74, 6) is 6.53. The van der Waals surface area contributed by atoms with Gasteiger partial charge in [-0.25, -0.2) is 4.79 Å². The van der Waals surface area contributed by atoms with Crippen LogP contribution in [0.2, 0.25) is 0 Å². The Morgan fingerprint density at radius 3 is 2.86 bits per heavy atom. The van der Waals surface area contributed by atoms with Gasteiger partial charge in [-0.15, -0.1) is 5.92 Å². The minimum absolute atomic E-state index is 0.0517. The third kappa shape index (κ3) is 3.36. The molecule has 3 aromatic heterocycles. The number of fused-ring (bicyclic) bond motifs is 1. The van der Waals surface area contributed by atoms with Crippen molar-refractivity contribution >= 4 is 17.1 Å². The van der Waals surface area contributed by atoms with E-state index in [9.17, 15) is 9.59 Å². The van der Waals surface area contributed by atoms with Gasteiger partial charge in [0.1, 0.15) is 0 Å². The van der Waals surface area contributed by atoms with Crippen molar-refractivity contribution in [2.45, 2.75) is 38.9 Å². The zero-order chi connectivity index (χ0) is 20.5. The number of hydrogen-bond donors (Lipinski definition) is 1. The second-order valence-corrected chi connectivity index (χ2v) is 7.31. The molecule has 4 rings (SSSR count). The molecule has 0 aliphatic carbocycles. The quantitative estimate of drug-likeness (QED) is 0.644. The summed E-state index contributed by atoms with van der Waals surface area (Å²) in [7, 11) is 1.63. The molecule has 1 saturated heterocycles. The van der Waals surface area contributed by atoms with E-state index in [1.54, 1.807) is 24.6 Å². The maximum absolute atomic E-state index is 13.3. The molecule has 1 atom stereocenters. The minimum atomic E-state index is -0.420. The maximum atomic E-state index is 13.3. The third-order valence-corrected chi connectivity index (χ3v) is 5.29. The Morgan fingerprint density at radius 2 is 2.17 bits per heavy atom. The molecule has 29 heavy (non-hydrogen) atoms. The number of nitrogens with two attached hydrogens (primary N) is 1. The van der Waals surface area contributed by atoms with E-state index in [4.69, 9.17) is 10.2 Å². The van der Waals surface area contributed by atoms with E-state index in [-0.39, 0.29) is 18.1 Å². The Hall–Kier alpha value is -3.25. The van der Waals surface area contributed by atoms with E-state index >= 15 is 0 Å². The van der Waals surface area contributed by atoms with Crippen LogP contribution in [0, 0.1) is 11.8 Å². The van der Waals surface area contributed by atoms with Crippen LogP contribution in [0.5, 0.6) is 0 Å². The second-order valence-electron chi connectivity index (χ2n) is 7.31. The first kappa shape index (κ1) is 19.1. The van der Waals surface area contributed by atoms with Crippen molar-refractivity contribution in [3.8, 4) is 11.8 Å². The standard InChI is InChI=1S/C20H24N6O3/c1-3-4-9-25-16-17(22-19(25)24-8-5-6-15(21)12-24)23(2)20(28)26(18(16)27)11-14-7-10-29-13-14/h7,10,13,15H,5-6,8-9,11-12,21H2,1-2H3. The first-order valence-corrected chi connectivity index (χ1v) is 9.62. The highest BCUT2D eigenvalue weighted by Crippen LogP contribution is 2.22. The largest absolute Gasteiger partial charge is 0.472 e. The van der Waals surface area contributed by atoms with Crippen LogP contribution < -0.4 is 21.9 Å². The summed E-state index contributed by atoms with van der Waals surface area (Å²) in [6.07, 6.45) is 4.95. The Morgan fingerprint density at radius 1 is 1.34 bits per heavy atom. The summed E-state index contributed by atoms with van der Waals surface area (Å²) < 4.78 is 9.50. The molecular formula is C20H24N6O3. The fourth-order valence-electron chi connectivity index (χ4n) is 3.81. The van der Waals surface area contributed by atoms with Gasteiger partial charge in [0, 0.05) is 31.7 Å². The van der Waals surface area contributed by atoms with E-state index < -0.39 is 5.69 Å². The van der Waals surface area contributed by atoms with Crippen LogP contribution in [0.4, 0.5) is 5.95 Å². The van der Waals surface area contributed by atoms with Gasteiger partial charge in [-0.3, -0.25) is 18.5 Å².